The highest BCUT2D eigenvalue weighted by molar-refractivity contribution is 5.20. The molecule has 5 nitrogen and oxygen atoms in total. The quantitative estimate of drug-likeness (QED) is 0.213. The van der Waals surface area contributed by atoms with Crippen molar-refractivity contribution in [2.24, 2.45) is 51.8 Å². The Morgan fingerprint density at radius 1 is 0.949 bits per heavy atom. The Bertz CT molecular complexity index is 839. The molecule has 4 saturated carbocycles. The third-order valence-electron chi connectivity index (χ3n) is 12.9. The summed E-state index contributed by atoms with van der Waals surface area (Å²) >= 11 is 0. The van der Waals surface area contributed by atoms with Crippen molar-refractivity contribution in [2.75, 3.05) is 27.8 Å². The van der Waals surface area contributed by atoms with Gasteiger partial charge in [0, 0.05) is 14.2 Å². The van der Waals surface area contributed by atoms with Crippen molar-refractivity contribution in [3.63, 3.8) is 0 Å². The Hall–Kier alpha value is -0.460. The number of hydrogen-bond acceptors (Lipinski definition) is 5. The molecule has 0 bridgehead atoms. The number of rotatable bonds is 11. The molecule has 0 radical (unpaired) electrons. The van der Waals surface area contributed by atoms with Gasteiger partial charge in [-0.05, 0) is 117 Å². The molecular formula is C34H60O5. The second-order valence-electron chi connectivity index (χ2n) is 14.8. The summed E-state index contributed by atoms with van der Waals surface area (Å²) in [5.41, 5.74) is 1.80. The molecular weight excluding hydrogens is 488 g/mol. The molecule has 4 aliphatic carbocycles. The molecule has 0 aromatic rings. The van der Waals surface area contributed by atoms with E-state index in [0.29, 0.717) is 49.1 Å². The standard InChI is InChI=1S/C34H60O5/c1-10-24(13-11-12-22(2)3)30-26-18-29(39-21-37-9)31-32(5)16-15-28(38-20-36-8)23(4)25(32)14-17-33(31,6)34(26,7)19-27(30)35/h12,23-31,35H,10-11,13-21H2,1-9H3. The summed E-state index contributed by atoms with van der Waals surface area (Å²) in [6.07, 6.45) is 12.6. The van der Waals surface area contributed by atoms with Crippen molar-refractivity contribution in [1.29, 1.82) is 0 Å². The van der Waals surface area contributed by atoms with E-state index in [4.69, 9.17) is 18.9 Å². The average molecular weight is 549 g/mol. The second-order valence-corrected chi connectivity index (χ2v) is 14.8. The average Bonchev–Trinajstić information content (AvgIpc) is 3.15. The van der Waals surface area contributed by atoms with Gasteiger partial charge in [0.05, 0.1) is 18.3 Å². The molecule has 12 unspecified atom stereocenters. The molecule has 0 heterocycles. The fraction of sp³-hybridized carbons (Fsp3) is 0.941. The Morgan fingerprint density at radius 2 is 1.62 bits per heavy atom. The van der Waals surface area contributed by atoms with E-state index in [0.717, 1.165) is 38.5 Å². The molecule has 0 aliphatic heterocycles. The number of methoxy groups -OCH3 is 2. The van der Waals surface area contributed by atoms with Crippen LogP contribution < -0.4 is 0 Å². The number of ether oxygens (including phenoxy) is 4. The Morgan fingerprint density at radius 3 is 2.23 bits per heavy atom. The van der Waals surface area contributed by atoms with Gasteiger partial charge in [0.1, 0.15) is 13.6 Å². The van der Waals surface area contributed by atoms with E-state index in [1.165, 1.54) is 24.8 Å². The number of hydrogen-bond donors (Lipinski definition) is 1. The van der Waals surface area contributed by atoms with E-state index in [-0.39, 0.29) is 34.6 Å². The predicted molar refractivity (Wildman–Crippen MR) is 157 cm³/mol. The summed E-state index contributed by atoms with van der Waals surface area (Å²) in [5.74, 6) is 2.92. The van der Waals surface area contributed by atoms with Gasteiger partial charge in [-0.2, -0.15) is 0 Å². The summed E-state index contributed by atoms with van der Waals surface area (Å²) in [4.78, 5) is 0. The van der Waals surface area contributed by atoms with Gasteiger partial charge < -0.3 is 24.1 Å². The number of fused-ring (bicyclic) bond motifs is 5. The first-order valence-electron chi connectivity index (χ1n) is 16.0. The van der Waals surface area contributed by atoms with E-state index in [1.807, 2.05) is 0 Å². The van der Waals surface area contributed by atoms with Crippen LogP contribution in [0.5, 0.6) is 0 Å². The largest absolute Gasteiger partial charge is 0.393 e. The minimum atomic E-state index is -0.224. The maximum Gasteiger partial charge on any atom is 0.146 e. The normalized spacial score (nSPS) is 46.2. The van der Waals surface area contributed by atoms with Gasteiger partial charge in [0.15, 0.2) is 0 Å². The van der Waals surface area contributed by atoms with Crippen LogP contribution in [0, 0.1) is 51.8 Å². The number of aliphatic hydroxyl groups excluding tert-OH is 1. The van der Waals surface area contributed by atoms with Gasteiger partial charge >= 0.3 is 0 Å². The molecule has 226 valence electrons. The fourth-order valence-electron chi connectivity index (χ4n) is 11.0. The van der Waals surface area contributed by atoms with Gasteiger partial charge in [-0.1, -0.05) is 52.7 Å². The van der Waals surface area contributed by atoms with Crippen molar-refractivity contribution in [1.82, 2.24) is 0 Å². The van der Waals surface area contributed by atoms with E-state index >= 15 is 0 Å². The van der Waals surface area contributed by atoms with Gasteiger partial charge in [0.2, 0.25) is 0 Å². The molecule has 0 aromatic heterocycles. The van der Waals surface area contributed by atoms with E-state index in [9.17, 15) is 5.11 Å². The van der Waals surface area contributed by atoms with Crippen LogP contribution in [0.4, 0.5) is 0 Å². The molecule has 12 atom stereocenters. The summed E-state index contributed by atoms with van der Waals surface area (Å²) in [6, 6.07) is 0. The third-order valence-corrected chi connectivity index (χ3v) is 12.9. The summed E-state index contributed by atoms with van der Waals surface area (Å²) in [6.45, 7) is 17.6. The highest BCUT2D eigenvalue weighted by Gasteiger charge is 2.71. The predicted octanol–water partition coefficient (Wildman–Crippen LogP) is 7.61. The van der Waals surface area contributed by atoms with Crippen molar-refractivity contribution in [3.05, 3.63) is 11.6 Å². The zero-order chi connectivity index (χ0) is 28.6. The van der Waals surface area contributed by atoms with E-state index < -0.39 is 0 Å². The third kappa shape index (κ3) is 5.42. The van der Waals surface area contributed by atoms with Gasteiger partial charge in [-0.3, -0.25) is 0 Å². The zero-order valence-electron chi connectivity index (χ0n) is 26.6. The Kier molecular flexibility index (Phi) is 10.0. The molecule has 4 fully saturated rings. The highest BCUT2D eigenvalue weighted by Crippen LogP contribution is 2.75. The molecule has 39 heavy (non-hydrogen) atoms. The fourth-order valence-corrected chi connectivity index (χ4v) is 11.0. The first kappa shape index (κ1) is 31.5. The molecule has 1 N–H and O–H groups in total. The lowest BCUT2D eigenvalue weighted by Crippen LogP contribution is -2.66. The molecule has 4 aliphatic rings. The molecule has 4 rings (SSSR count). The smallest absolute Gasteiger partial charge is 0.146 e. The second kappa shape index (κ2) is 12.4. The monoisotopic (exact) mass is 548 g/mol. The van der Waals surface area contributed by atoms with Crippen LogP contribution in [0.3, 0.4) is 0 Å². The molecule has 5 heteroatoms. The lowest BCUT2D eigenvalue weighted by atomic mass is 9.36. The van der Waals surface area contributed by atoms with Gasteiger partial charge in [0.25, 0.3) is 0 Å². The minimum absolute atomic E-state index is 0.110. The maximum atomic E-state index is 11.8. The van der Waals surface area contributed by atoms with Crippen LogP contribution in [0.15, 0.2) is 11.6 Å². The van der Waals surface area contributed by atoms with Crippen molar-refractivity contribution < 1.29 is 24.1 Å². The topological polar surface area (TPSA) is 57.2 Å². The SMILES string of the molecule is CCC(CCC=C(C)C)C1C(O)CC2(C)C1CC(OCOC)C1C3(C)CCC(OCOC)C(C)C3CCC12C. The van der Waals surface area contributed by atoms with E-state index in [1.54, 1.807) is 14.2 Å². The van der Waals surface area contributed by atoms with Crippen LogP contribution in [0.25, 0.3) is 0 Å². The summed E-state index contributed by atoms with van der Waals surface area (Å²) < 4.78 is 23.7. The van der Waals surface area contributed by atoms with Crippen LogP contribution in [-0.4, -0.2) is 51.2 Å². The van der Waals surface area contributed by atoms with Crippen LogP contribution in [0.1, 0.15) is 106 Å². The molecule has 0 aromatic carbocycles. The summed E-state index contributed by atoms with van der Waals surface area (Å²) in [5, 5.41) is 11.8. The van der Waals surface area contributed by atoms with Crippen LogP contribution in [-0.2, 0) is 18.9 Å². The molecule has 0 amide bonds. The van der Waals surface area contributed by atoms with Gasteiger partial charge in [-0.25, -0.2) is 0 Å². The van der Waals surface area contributed by atoms with E-state index in [2.05, 4.69) is 54.5 Å². The Labute approximate surface area is 239 Å². The van der Waals surface area contributed by atoms with Crippen molar-refractivity contribution >= 4 is 0 Å². The lowest BCUT2D eigenvalue weighted by Gasteiger charge is -2.70. The lowest BCUT2D eigenvalue weighted by molar-refractivity contribution is -0.264. The first-order chi connectivity index (χ1) is 18.5. The zero-order valence-corrected chi connectivity index (χ0v) is 26.6. The first-order valence-corrected chi connectivity index (χ1v) is 16.0. The highest BCUT2D eigenvalue weighted by atomic mass is 16.7. The molecule has 0 saturated heterocycles. The van der Waals surface area contributed by atoms with Crippen LogP contribution in [0.2, 0.25) is 0 Å². The number of allylic oxidation sites excluding steroid dienone is 2. The summed E-state index contributed by atoms with van der Waals surface area (Å²) in [7, 11) is 3.46. The van der Waals surface area contributed by atoms with Crippen LogP contribution >= 0.6 is 0 Å². The maximum absolute atomic E-state index is 11.8. The Balaban J connectivity index is 1.69. The molecule has 0 spiro atoms. The minimum Gasteiger partial charge on any atom is -0.393 e. The van der Waals surface area contributed by atoms with Crippen molar-refractivity contribution in [2.45, 2.75) is 125 Å². The van der Waals surface area contributed by atoms with Gasteiger partial charge in [-0.15, -0.1) is 0 Å². The number of aliphatic hydroxyl groups is 1. The van der Waals surface area contributed by atoms with Crippen molar-refractivity contribution in [3.8, 4) is 0 Å².